The van der Waals surface area contributed by atoms with Gasteiger partial charge in [-0.2, -0.15) is 0 Å². The third-order valence-electron chi connectivity index (χ3n) is 6.58. The van der Waals surface area contributed by atoms with E-state index in [2.05, 4.69) is 26.3 Å². The number of non-ortho nitro benzene ring substituents is 1. The average molecular weight is 597 g/mol. The maximum atomic E-state index is 13.5. The number of anilines is 1. The number of guanidine groups is 1. The predicted molar refractivity (Wildman–Crippen MR) is 167 cm³/mol. The van der Waals surface area contributed by atoms with E-state index < -0.39 is 34.9 Å². The molecule has 0 unspecified atom stereocenters. The molecule has 0 saturated heterocycles. The zero-order chi connectivity index (χ0) is 31.9. The molecule has 2 aromatic carbocycles. The SMILES string of the molecule is CC(C)C[C@H](NC(=O)[C@@H](NCc1ccccc1)C(C)C)C(=O)N[C@@H](CCCN=C(N)N)C(=O)Nc1ccc([N+](=O)[O-])cc1. The van der Waals surface area contributed by atoms with E-state index >= 15 is 0 Å². The van der Waals surface area contributed by atoms with Crippen molar-refractivity contribution in [1.82, 2.24) is 16.0 Å². The fraction of sp³-hybridized carbons (Fsp3) is 0.467. The first-order valence-electron chi connectivity index (χ1n) is 14.4. The molecular weight excluding hydrogens is 552 g/mol. The van der Waals surface area contributed by atoms with E-state index in [1.54, 1.807) is 0 Å². The molecule has 13 heteroatoms. The Labute approximate surface area is 252 Å². The third-order valence-corrected chi connectivity index (χ3v) is 6.58. The first-order chi connectivity index (χ1) is 20.4. The summed E-state index contributed by atoms with van der Waals surface area (Å²) in [7, 11) is 0. The second kappa shape index (κ2) is 17.4. The third kappa shape index (κ3) is 12.5. The molecule has 0 aliphatic rings. The molecular formula is C30H44N8O5. The summed E-state index contributed by atoms with van der Waals surface area (Å²) in [5, 5.41) is 22.6. The molecule has 0 spiro atoms. The Morgan fingerprint density at radius 3 is 2.07 bits per heavy atom. The number of nitro groups is 1. The summed E-state index contributed by atoms with van der Waals surface area (Å²) in [5.41, 5.74) is 12.0. The van der Waals surface area contributed by atoms with E-state index in [0.29, 0.717) is 25.1 Å². The molecule has 0 saturated carbocycles. The first kappa shape index (κ1) is 34.7. The van der Waals surface area contributed by atoms with Crippen molar-refractivity contribution in [1.29, 1.82) is 0 Å². The van der Waals surface area contributed by atoms with Crippen LogP contribution in [0.2, 0.25) is 0 Å². The Kier molecular flexibility index (Phi) is 14.1. The molecule has 0 heterocycles. The molecule has 0 aromatic heterocycles. The Bertz CT molecular complexity index is 1230. The van der Waals surface area contributed by atoms with Crippen LogP contribution in [0.4, 0.5) is 11.4 Å². The first-order valence-corrected chi connectivity index (χ1v) is 14.4. The van der Waals surface area contributed by atoms with Crippen molar-refractivity contribution in [2.24, 2.45) is 28.3 Å². The number of nitro benzene ring substituents is 1. The lowest BCUT2D eigenvalue weighted by molar-refractivity contribution is -0.384. The molecule has 3 amide bonds. The quantitative estimate of drug-likeness (QED) is 0.0524. The zero-order valence-corrected chi connectivity index (χ0v) is 25.2. The highest BCUT2D eigenvalue weighted by atomic mass is 16.6. The largest absolute Gasteiger partial charge is 0.370 e. The fourth-order valence-electron chi connectivity index (χ4n) is 4.36. The Balaban J connectivity index is 2.17. The lowest BCUT2D eigenvalue weighted by atomic mass is 9.99. The summed E-state index contributed by atoms with van der Waals surface area (Å²) in [6.07, 6.45) is 0.944. The molecule has 0 aliphatic heterocycles. The molecule has 2 rings (SSSR count). The van der Waals surface area contributed by atoms with Crippen LogP contribution in [0.1, 0.15) is 52.5 Å². The van der Waals surface area contributed by atoms with Crippen LogP contribution in [0, 0.1) is 22.0 Å². The number of nitrogens with one attached hydrogen (secondary N) is 4. The van der Waals surface area contributed by atoms with Gasteiger partial charge in [0.2, 0.25) is 17.7 Å². The van der Waals surface area contributed by atoms with Crippen molar-refractivity contribution in [3.63, 3.8) is 0 Å². The highest BCUT2D eigenvalue weighted by molar-refractivity contribution is 5.98. The normalized spacial score (nSPS) is 13.1. The molecule has 0 radical (unpaired) electrons. The molecule has 0 aliphatic carbocycles. The lowest BCUT2D eigenvalue weighted by Crippen LogP contribution is -2.56. The van der Waals surface area contributed by atoms with Gasteiger partial charge < -0.3 is 32.7 Å². The lowest BCUT2D eigenvalue weighted by Gasteiger charge is -2.27. The van der Waals surface area contributed by atoms with Crippen molar-refractivity contribution >= 4 is 35.1 Å². The Hall–Kier alpha value is -4.52. The minimum absolute atomic E-state index is 0.0535. The van der Waals surface area contributed by atoms with Crippen LogP contribution >= 0.6 is 0 Å². The topological polar surface area (TPSA) is 207 Å². The van der Waals surface area contributed by atoms with Crippen LogP contribution < -0.4 is 32.7 Å². The van der Waals surface area contributed by atoms with E-state index in [1.807, 2.05) is 58.0 Å². The molecule has 2 aromatic rings. The summed E-state index contributed by atoms with van der Waals surface area (Å²) >= 11 is 0. The number of aliphatic imine (C=N–C) groups is 1. The van der Waals surface area contributed by atoms with Gasteiger partial charge in [-0.15, -0.1) is 0 Å². The van der Waals surface area contributed by atoms with Crippen molar-refractivity contribution < 1.29 is 19.3 Å². The minimum atomic E-state index is -0.986. The number of nitrogens with zero attached hydrogens (tertiary/aromatic N) is 2. The number of hydrogen-bond donors (Lipinski definition) is 6. The van der Waals surface area contributed by atoms with Crippen LogP contribution in [0.25, 0.3) is 0 Å². The highest BCUT2D eigenvalue weighted by Gasteiger charge is 2.30. The van der Waals surface area contributed by atoms with Gasteiger partial charge in [-0.1, -0.05) is 58.0 Å². The van der Waals surface area contributed by atoms with Crippen molar-refractivity contribution in [3.05, 3.63) is 70.3 Å². The number of carbonyl (C=O) groups is 3. The Morgan fingerprint density at radius 2 is 1.51 bits per heavy atom. The van der Waals surface area contributed by atoms with Gasteiger partial charge in [0.25, 0.3) is 5.69 Å². The van der Waals surface area contributed by atoms with E-state index in [4.69, 9.17) is 11.5 Å². The number of benzene rings is 2. The van der Waals surface area contributed by atoms with Crippen LogP contribution in [-0.4, -0.2) is 53.3 Å². The van der Waals surface area contributed by atoms with E-state index in [9.17, 15) is 24.5 Å². The van der Waals surface area contributed by atoms with Gasteiger partial charge in [0.1, 0.15) is 12.1 Å². The fourth-order valence-corrected chi connectivity index (χ4v) is 4.36. The summed E-state index contributed by atoms with van der Waals surface area (Å²) in [6, 6.07) is 12.6. The second-order valence-electron chi connectivity index (χ2n) is 11.1. The van der Waals surface area contributed by atoms with Gasteiger partial charge in [-0.05, 0) is 48.8 Å². The molecule has 13 nitrogen and oxygen atoms in total. The number of amides is 3. The van der Waals surface area contributed by atoms with E-state index in [0.717, 1.165) is 5.56 Å². The van der Waals surface area contributed by atoms with Gasteiger partial charge in [0, 0.05) is 30.9 Å². The van der Waals surface area contributed by atoms with Crippen molar-refractivity contribution in [2.45, 2.75) is 71.6 Å². The maximum Gasteiger partial charge on any atom is 0.269 e. The monoisotopic (exact) mass is 596 g/mol. The second-order valence-corrected chi connectivity index (χ2v) is 11.1. The molecule has 3 atom stereocenters. The molecule has 0 fully saturated rings. The molecule has 234 valence electrons. The highest BCUT2D eigenvalue weighted by Crippen LogP contribution is 2.16. The van der Waals surface area contributed by atoms with Crippen LogP contribution in [0.5, 0.6) is 0 Å². The maximum absolute atomic E-state index is 13.5. The van der Waals surface area contributed by atoms with Gasteiger partial charge in [-0.3, -0.25) is 29.5 Å². The van der Waals surface area contributed by atoms with Crippen LogP contribution in [0.15, 0.2) is 59.6 Å². The van der Waals surface area contributed by atoms with Gasteiger partial charge in [0.15, 0.2) is 5.96 Å². The van der Waals surface area contributed by atoms with Gasteiger partial charge in [-0.25, -0.2) is 0 Å². The summed E-state index contributed by atoms with van der Waals surface area (Å²) in [6.45, 7) is 8.46. The molecule has 43 heavy (non-hydrogen) atoms. The van der Waals surface area contributed by atoms with Gasteiger partial charge in [0.05, 0.1) is 11.0 Å². The number of carbonyl (C=O) groups excluding carboxylic acids is 3. The van der Waals surface area contributed by atoms with Crippen molar-refractivity contribution in [2.75, 3.05) is 11.9 Å². The minimum Gasteiger partial charge on any atom is -0.370 e. The van der Waals surface area contributed by atoms with Gasteiger partial charge >= 0.3 is 0 Å². The molecule has 8 N–H and O–H groups in total. The predicted octanol–water partition coefficient (Wildman–Crippen LogP) is 2.42. The smallest absolute Gasteiger partial charge is 0.269 e. The summed E-state index contributed by atoms with van der Waals surface area (Å²) in [4.78, 5) is 54.5. The summed E-state index contributed by atoms with van der Waals surface area (Å²) in [5.74, 6) is -1.41. The number of hydrogen-bond acceptors (Lipinski definition) is 7. The van der Waals surface area contributed by atoms with E-state index in [-0.39, 0.29) is 42.4 Å². The average Bonchev–Trinajstić information content (AvgIpc) is 2.94. The van der Waals surface area contributed by atoms with E-state index in [1.165, 1.54) is 24.3 Å². The number of nitrogens with two attached hydrogens (primary N) is 2. The molecule has 0 bridgehead atoms. The Morgan fingerprint density at radius 1 is 0.884 bits per heavy atom. The standard InChI is InChI=1S/C30H44N8O5/c1-19(2)17-25(37-29(41)26(20(3)4)34-18-21-9-6-5-7-10-21)28(40)36-24(11-8-16-33-30(31)32)27(39)35-22-12-14-23(15-13-22)38(42)43/h5-7,9-10,12-15,19-20,24-26,34H,8,11,16-18H2,1-4H3,(H,35,39)(H,36,40)(H,37,41)(H4,31,32,33)/t24-,25-,26-/m0/s1. The van der Waals surface area contributed by atoms with Crippen LogP contribution in [0.3, 0.4) is 0 Å². The zero-order valence-electron chi connectivity index (χ0n) is 25.2. The van der Waals surface area contributed by atoms with Crippen LogP contribution in [-0.2, 0) is 20.9 Å². The van der Waals surface area contributed by atoms with Crippen molar-refractivity contribution in [3.8, 4) is 0 Å². The summed E-state index contributed by atoms with van der Waals surface area (Å²) < 4.78 is 0. The number of rotatable bonds is 17.